The molecule has 0 aliphatic carbocycles. The highest BCUT2D eigenvalue weighted by molar-refractivity contribution is 5.76. The maximum atomic E-state index is 14.4. The Hall–Kier alpha value is -7.36. The number of nitrogens with two attached hydrogens (primary N) is 4. The average Bonchev–Trinajstić information content (AvgIpc) is 1.63. The standard InChI is InChI=1S/C15H17F2NO2.C14H15F2N3O4.C14H17F2N3O2.C14H16F2N2O2/c1-9-14-13(7-19-9)20-10(2)18-15(14,8-16)11-5-3-4-6-12(11)17;1-7-12-11(5-22-7)23-13(17)18-14(12,6-15)9-4-8(19(20)21)2-3-10(9)16;1-7-12-11(5-20-7)21-13(18)19-14(12,6-15)9-4-8(17)2-3-10(9)16;1-8-12-11(6-19-8)20-13(17)18-14(12,7-15)9-4-2-3-5-10(9)16/h3-6,9,13-14H,7-8H2,1-2H3;2-4,7,11-12H,5-6H2,1H3,(H2,17,18);2-4,7,11-12H,5-6,17H2,1H3,(H2,18,19);2-5,8,11-12H,6-7H2,1H3,(H2,17,18)/t9-,13+,14-,15+;2*7-,11+,12-,14+;8-,11+,12-,14+/m0000/s1. The second-order valence-electron chi connectivity index (χ2n) is 21.7. The van der Waals surface area contributed by atoms with Gasteiger partial charge in [0.25, 0.3) is 23.8 Å². The van der Waals surface area contributed by atoms with E-state index in [4.69, 9.17) is 60.8 Å². The Balaban J connectivity index is 0.000000135. The summed E-state index contributed by atoms with van der Waals surface area (Å²) in [4.78, 5) is 26.9. The number of amidine groups is 3. The molecule has 4 aromatic carbocycles. The summed E-state index contributed by atoms with van der Waals surface area (Å²) in [5.74, 6) is -3.76. The van der Waals surface area contributed by atoms with Gasteiger partial charge in [-0.05, 0) is 64.1 Å². The highest BCUT2D eigenvalue weighted by Crippen LogP contribution is 2.51. The van der Waals surface area contributed by atoms with Gasteiger partial charge in [-0.3, -0.25) is 10.1 Å². The molecule has 0 amide bonds. The Morgan fingerprint density at radius 3 is 1.17 bits per heavy atom. The molecule has 19 nitrogen and oxygen atoms in total. The summed E-state index contributed by atoms with van der Waals surface area (Å²) in [6.07, 6.45) is -3.03. The minimum absolute atomic E-state index is 0.0867. The first kappa shape index (κ1) is 61.2. The number of fused-ring (bicyclic) bond motifs is 4. The summed E-state index contributed by atoms with van der Waals surface area (Å²) in [7, 11) is 0. The zero-order chi connectivity index (χ0) is 60.6. The zero-order valence-electron chi connectivity index (χ0n) is 46.3. The number of ether oxygens (including phenoxy) is 8. The second kappa shape index (κ2) is 24.3. The van der Waals surface area contributed by atoms with Crippen LogP contribution in [0.2, 0.25) is 0 Å². The molecule has 4 aromatic rings. The minimum Gasteiger partial charge on any atom is -0.475 e. The SMILES string of the molecule is CC1=N[C@](CF)(c2ccccc2F)[C@H]2[C@H](C)OC[C@H]2O1.C[C@@H]1OC[C@H]2OC(N)=N[C@](CF)(c3cc(N)ccc3F)[C@@H]12.C[C@@H]1OC[C@H]2OC(N)=N[C@](CF)(c3cc([N+](=O)[O-])ccc3F)[C@@H]12.C[C@@H]1OC[C@H]2OC(N)=N[C@](CF)(c3ccccc3F)[C@@H]12. The van der Waals surface area contributed by atoms with Crippen LogP contribution in [0.3, 0.4) is 0 Å². The first-order valence-corrected chi connectivity index (χ1v) is 27.0. The van der Waals surface area contributed by atoms with E-state index in [1.165, 1.54) is 30.3 Å². The predicted octanol–water partition coefficient (Wildman–Crippen LogP) is 7.55. The van der Waals surface area contributed by atoms with Crippen molar-refractivity contribution in [2.24, 2.45) is 60.8 Å². The first-order valence-electron chi connectivity index (χ1n) is 27.0. The van der Waals surface area contributed by atoms with Crippen LogP contribution in [-0.2, 0) is 60.1 Å². The summed E-state index contributed by atoms with van der Waals surface area (Å²) >= 11 is 0. The molecule has 4 fully saturated rings. The van der Waals surface area contributed by atoms with Crippen molar-refractivity contribution in [3.8, 4) is 0 Å². The average molecular weight is 1190 g/mol. The molecule has 8 aliphatic heterocycles. The molecule has 8 aliphatic rings. The zero-order valence-corrected chi connectivity index (χ0v) is 46.3. The van der Waals surface area contributed by atoms with E-state index in [-0.39, 0.29) is 89.6 Å². The highest BCUT2D eigenvalue weighted by atomic mass is 19.2. The van der Waals surface area contributed by atoms with Crippen LogP contribution >= 0.6 is 0 Å². The van der Waals surface area contributed by atoms with Crippen LogP contribution in [0.4, 0.5) is 46.5 Å². The number of halogens is 8. The Labute approximate surface area is 477 Å². The molecule has 12 rings (SSSR count). The number of nitro benzene ring substituents is 1. The quantitative estimate of drug-likeness (QED) is 0.0546. The van der Waals surface area contributed by atoms with Crippen LogP contribution < -0.4 is 22.9 Å². The van der Waals surface area contributed by atoms with E-state index in [1.807, 2.05) is 13.8 Å². The van der Waals surface area contributed by atoms with Crippen LogP contribution in [0.25, 0.3) is 0 Å². The van der Waals surface area contributed by atoms with Crippen molar-refractivity contribution in [2.45, 2.75) is 106 Å². The van der Waals surface area contributed by atoms with Gasteiger partial charge in [0, 0.05) is 47.0 Å². The summed E-state index contributed by atoms with van der Waals surface area (Å²) in [5.41, 5.74) is 17.2. The number of non-ortho nitro benzene ring substituents is 1. The third kappa shape index (κ3) is 10.9. The van der Waals surface area contributed by atoms with E-state index < -0.39 is 119 Å². The smallest absolute Gasteiger partial charge is 0.283 e. The summed E-state index contributed by atoms with van der Waals surface area (Å²) in [6.45, 7) is 6.34. The third-order valence-electron chi connectivity index (χ3n) is 16.9. The minimum atomic E-state index is -1.71. The van der Waals surface area contributed by atoms with Gasteiger partial charge in [0.15, 0.2) is 5.90 Å². The number of hydrogen-bond donors (Lipinski definition) is 4. The van der Waals surface area contributed by atoms with Crippen LogP contribution in [0.15, 0.2) is 105 Å². The second-order valence-corrected chi connectivity index (χ2v) is 21.7. The van der Waals surface area contributed by atoms with Gasteiger partial charge in [-0.2, -0.15) is 0 Å². The molecule has 0 aromatic heterocycles. The van der Waals surface area contributed by atoms with Gasteiger partial charge in [0.05, 0.1) is 79.4 Å². The molecule has 454 valence electrons. The number of nitrogen functional groups attached to an aromatic ring is 1. The molecule has 16 atom stereocenters. The first-order chi connectivity index (χ1) is 40.0. The molecule has 0 radical (unpaired) electrons. The molecule has 0 bridgehead atoms. The lowest BCUT2D eigenvalue weighted by Gasteiger charge is -2.41. The molecule has 0 saturated carbocycles. The number of alkyl halides is 4. The Morgan fingerprint density at radius 1 is 0.476 bits per heavy atom. The molecular weight excluding hydrogens is 1120 g/mol. The van der Waals surface area contributed by atoms with E-state index in [0.717, 1.165) is 18.2 Å². The molecule has 8 heterocycles. The van der Waals surface area contributed by atoms with Crippen molar-refractivity contribution in [3.05, 3.63) is 141 Å². The summed E-state index contributed by atoms with van der Waals surface area (Å²) in [5, 5.41) is 11.0. The van der Waals surface area contributed by atoms with Crippen molar-refractivity contribution >= 4 is 35.3 Å². The fourth-order valence-electron chi connectivity index (χ4n) is 13.4. The summed E-state index contributed by atoms with van der Waals surface area (Å²) in [6, 6.07) is 18.7. The van der Waals surface area contributed by atoms with E-state index in [0.29, 0.717) is 24.8 Å². The van der Waals surface area contributed by atoms with Crippen LogP contribution in [-0.4, -0.2) is 131 Å². The number of anilines is 1. The van der Waals surface area contributed by atoms with Crippen LogP contribution in [0.5, 0.6) is 0 Å². The number of benzene rings is 4. The van der Waals surface area contributed by atoms with Crippen molar-refractivity contribution < 1.29 is 77.9 Å². The van der Waals surface area contributed by atoms with Gasteiger partial charge < -0.3 is 60.8 Å². The van der Waals surface area contributed by atoms with Crippen molar-refractivity contribution in [1.82, 2.24) is 0 Å². The maximum Gasteiger partial charge on any atom is 0.283 e. The fourth-order valence-corrected chi connectivity index (χ4v) is 13.4. The third-order valence-corrected chi connectivity index (χ3v) is 16.9. The number of nitrogens with zero attached hydrogens (tertiary/aromatic N) is 5. The molecule has 0 spiro atoms. The van der Waals surface area contributed by atoms with Crippen molar-refractivity contribution in [1.29, 1.82) is 0 Å². The van der Waals surface area contributed by atoms with Gasteiger partial charge in [0.2, 0.25) is 0 Å². The largest absolute Gasteiger partial charge is 0.475 e. The van der Waals surface area contributed by atoms with E-state index in [1.54, 1.807) is 57.2 Å². The van der Waals surface area contributed by atoms with Crippen LogP contribution in [0, 0.1) is 57.1 Å². The number of hydrogen-bond acceptors (Lipinski definition) is 18. The Morgan fingerprint density at radius 2 is 0.798 bits per heavy atom. The van der Waals surface area contributed by atoms with Gasteiger partial charge in [-0.25, -0.2) is 55.1 Å². The molecule has 84 heavy (non-hydrogen) atoms. The molecule has 8 N–H and O–H groups in total. The Bertz CT molecular complexity index is 3110. The van der Waals surface area contributed by atoms with E-state index in [9.17, 15) is 45.2 Å². The highest BCUT2D eigenvalue weighted by Gasteiger charge is 2.60. The Kier molecular flexibility index (Phi) is 17.7. The molecular formula is C57H65F8N9O10. The normalized spacial score (nSPS) is 35.0. The van der Waals surface area contributed by atoms with Crippen LogP contribution in [0.1, 0.15) is 56.9 Å². The lowest BCUT2D eigenvalue weighted by Crippen LogP contribution is -2.52. The van der Waals surface area contributed by atoms with E-state index >= 15 is 0 Å². The fraction of sp³-hybridized carbons (Fsp3) is 0.509. The monoisotopic (exact) mass is 1190 g/mol. The summed E-state index contributed by atoms with van der Waals surface area (Å²) < 4.78 is 157. The molecule has 27 heteroatoms. The van der Waals surface area contributed by atoms with Crippen molar-refractivity contribution in [2.75, 3.05) is 58.9 Å². The van der Waals surface area contributed by atoms with Gasteiger partial charge >= 0.3 is 0 Å². The molecule has 4 saturated heterocycles. The molecule has 0 unspecified atom stereocenters. The maximum absolute atomic E-state index is 14.4. The number of nitro groups is 1. The van der Waals surface area contributed by atoms with E-state index in [2.05, 4.69) is 20.0 Å². The lowest BCUT2D eigenvalue weighted by atomic mass is 9.74. The van der Waals surface area contributed by atoms with Gasteiger partial charge in [-0.15, -0.1) is 0 Å². The van der Waals surface area contributed by atoms with Crippen molar-refractivity contribution in [3.63, 3.8) is 0 Å². The predicted molar refractivity (Wildman–Crippen MR) is 290 cm³/mol. The van der Waals surface area contributed by atoms with Gasteiger partial charge in [0.1, 0.15) is 96.5 Å². The lowest BCUT2D eigenvalue weighted by molar-refractivity contribution is -0.385. The number of rotatable bonds is 9. The topological polar surface area (TPSA) is 270 Å². The number of aliphatic imine (C=N–C) groups is 4. The van der Waals surface area contributed by atoms with Gasteiger partial charge in [-0.1, -0.05) is 36.4 Å².